The third-order valence-electron chi connectivity index (χ3n) is 3.27. The first-order valence-corrected chi connectivity index (χ1v) is 7.22. The van der Waals surface area contributed by atoms with Crippen molar-refractivity contribution in [3.8, 4) is 0 Å². The van der Waals surface area contributed by atoms with Crippen molar-refractivity contribution in [1.29, 1.82) is 0 Å². The summed E-state index contributed by atoms with van der Waals surface area (Å²) in [5.74, 6) is 1.49. The smallest absolute Gasteiger partial charge is 0.0953 e. The van der Waals surface area contributed by atoms with E-state index in [1.54, 1.807) is 0 Å². The van der Waals surface area contributed by atoms with E-state index in [9.17, 15) is 0 Å². The van der Waals surface area contributed by atoms with Gasteiger partial charge in [0, 0.05) is 23.5 Å². The third kappa shape index (κ3) is 3.29. The van der Waals surface area contributed by atoms with Gasteiger partial charge in [0.05, 0.1) is 5.01 Å². The van der Waals surface area contributed by atoms with Crippen LogP contribution in [0.25, 0.3) is 0 Å². The van der Waals surface area contributed by atoms with Crippen molar-refractivity contribution in [3.63, 3.8) is 0 Å². The van der Waals surface area contributed by atoms with Gasteiger partial charge >= 0.3 is 0 Å². The number of nitrogens with zero attached hydrogens (tertiary/aromatic N) is 1. The second kappa shape index (κ2) is 5.78. The van der Waals surface area contributed by atoms with Gasteiger partial charge in [-0.05, 0) is 25.3 Å². The van der Waals surface area contributed by atoms with Crippen molar-refractivity contribution < 1.29 is 0 Å². The Labute approximate surface area is 102 Å². The van der Waals surface area contributed by atoms with Crippen molar-refractivity contribution >= 4 is 11.3 Å². The van der Waals surface area contributed by atoms with Crippen molar-refractivity contribution in [2.24, 2.45) is 5.92 Å². The number of hydrogen-bond donors (Lipinski definition) is 1. The molecular weight excluding hydrogens is 216 g/mol. The van der Waals surface area contributed by atoms with Gasteiger partial charge in [0.2, 0.25) is 0 Å². The van der Waals surface area contributed by atoms with Crippen molar-refractivity contribution in [1.82, 2.24) is 10.3 Å². The molecule has 1 aliphatic carbocycles. The van der Waals surface area contributed by atoms with Gasteiger partial charge < -0.3 is 5.32 Å². The molecule has 90 valence electrons. The topological polar surface area (TPSA) is 24.9 Å². The van der Waals surface area contributed by atoms with Gasteiger partial charge in [0.25, 0.3) is 0 Å². The standard InChI is InChI=1S/C13H22N2S/c1-10(2)13-15-9-12(16-13)8-14-7-11-5-3-4-6-11/h9-11,14H,3-8H2,1-2H3. The fourth-order valence-electron chi connectivity index (χ4n) is 2.29. The molecule has 0 bridgehead atoms. The van der Waals surface area contributed by atoms with E-state index in [-0.39, 0.29) is 0 Å². The van der Waals surface area contributed by atoms with Crippen LogP contribution >= 0.6 is 11.3 Å². The third-order valence-corrected chi connectivity index (χ3v) is 4.57. The average Bonchev–Trinajstić information content (AvgIpc) is 2.87. The second-order valence-corrected chi connectivity index (χ2v) is 6.25. The summed E-state index contributed by atoms with van der Waals surface area (Å²) in [6.45, 7) is 6.60. The lowest BCUT2D eigenvalue weighted by Crippen LogP contribution is -2.20. The van der Waals surface area contributed by atoms with E-state index in [1.807, 2.05) is 17.5 Å². The lowest BCUT2D eigenvalue weighted by Gasteiger charge is -2.08. The Bertz CT molecular complexity index is 313. The van der Waals surface area contributed by atoms with Crippen LogP contribution in [0.1, 0.15) is 55.3 Å². The maximum Gasteiger partial charge on any atom is 0.0953 e. The molecule has 0 atom stereocenters. The summed E-state index contributed by atoms with van der Waals surface area (Å²) >= 11 is 1.85. The van der Waals surface area contributed by atoms with Crippen LogP contribution in [0.4, 0.5) is 0 Å². The lowest BCUT2D eigenvalue weighted by atomic mass is 10.1. The molecule has 0 unspecified atom stereocenters. The fourth-order valence-corrected chi connectivity index (χ4v) is 3.17. The lowest BCUT2D eigenvalue weighted by molar-refractivity contribution is 0.490. The average molecular weight is 238 g/mol. The number of thiazole rings is 1. The molecule has 1 aromatic rings. The Kier molecular flexibility index (Phi) is 4.36. The van der Waals surface area contributed by atoms with E-state index >= 15 is 0 Å². The normalized spacial score (nSPS) is 17.4. The fraction of sp³-hybridized carbons (Fsp3) is 0.769. The molecule has 0 aliphatic heterocycles. The highest BCUT2D eigenvalue weighted by atomic mass is 32.1. The Morgan fingerprint density at radius 2 is 2.19 bits per heavy atom. The molecule has 2 rings (SSSR count). The molecular formula is C13H22N2S. The Balaban J connectivity index is 1.72. The van der Waals surface area contributed by atoms with E-state index in [0.29, 0.717) is 5.92 Å². The zero-order chi connectivity index (χ0) is 11.4. The van der Waals surface area contributed by atoms with Crippen LogP contribution in [-0.2, 0) is 6.54 Å². The number of aromatic nitrogens is 1. The summed E-state index contributed by atoms with van der Waals surface area (Å²) in [5, 5.41) is 4.83. The molecule has 2 nitrogen and oxygen atoms in total. The summed E-state index contributed by atoms with van der Waals surface area (Å²) in [7, 11) is 0. The molecule has 0 amide bonds. The predicted molar refractivity (Wildman–Crippen MR) is 69.9 cm³/mol. The van der Waals surface area contributed by atoms with Gasteiger partial charge in [-0.15, -0.1) is 11.3 Å². The second-order valence-electron chi connectivity index (χ2n) is 5.10. The van der Waals surface area contributed by atoms with Crippen molar-refractivity contribution in [2.45, 2.75) is 52.0 Å². The summed E-state index contributed by atoms with van der Waals surface area (Å²) in [5.41, 5.74) is 0. The van der Waals surface area contributed by atoms with Crippen LogP contribution in [0.5, 0.6) is 0 Å². The zero-order valence-electron chi connectivity index (χ0n) is 10.3. The van der Waals surface area contributed by atoms with Crippen molar-refractivity contribution in [3.05, 3.63) is 16.1 Å². The molecule has 0 saturated heterocycles. The minimum Gasteiger partial charge on any atom is -0.312 e. The number of rotatable bonds is 5. The largest absolute Gasteiger partial charge is 0.312 e. The van der Waals surface area contributed by atoms with E-state index in [4.69, 9.17) is 0 Å². The maximum absolute atomic E-state index is 4.44. The van der Waals surface area contributed by atoms with Crippen molar-refractivity contribution in [2.75, 3.05) is 6.54 Å². The van der Waals surface area contributed by atoms with E-state index in [1.165, 1.54) is 42.1 Å². The molecule has 0 spiro atoms. The van der Waals surface area contributed by atoms with Gasteiger partial charge in [-0.2, -0.15) is 0 Å². The Morgan fingerprint density at radius 1 is 1.44 bits per heavy atom. The molecule has 1 fully saturated rings. The molecule has 1 N–H and O–H groups in total. The van der Waals surface area contributed by atoms with Gasteiger partial charge in [-0.25, -0.2) is 4.98 Å². The Morgan fingerprint density at radius 3 is 2.81 bits per heavy atom. The predicted octanol–water partition coefficient (Wildman–Crippen LogP) is 3.55. The molecule has 1 aromatic heterocycles. The monoisotopic (exact) mass is 238 g/mol. The quantitative estimate of drug-likeness (QED) is 0.848. The molecule has 16 heavy (non-hydrogen) atoms. The minimum atomic E-state index is 0.564. The van der Waals surface area contributed by atoms with E-state index in [2.05, 4.69) is 24.1 Å². The first-order chi connectivity index (χ1) is 7.75. The van der Waals surface area contributed by atoms with Crippen LogP contribution in [0.15, 0.2) is 6.20 Å². The molecule has 0 aromatic carbocycles. The van der Waals surface area contributed by atoms with Crippen LogP contribution in [-0.4, -0.2) is 11.5 Å². The highest BCUT2D eigenvalue weighted by Gasteiger charge is 2.14. The minimum absolute atomic E-state index is 0.564. The molecule has 1 heterocycles. The van der Waals surface area contributed by atoms with Crippen LogP contribution in [0, 0.1) is 5.92 Å². The summed E-state index contributed by atoms with van der Waals surface area (Å²) in [4.78, 5) is 5.82. The Hall–Kier alpha value is -0.410. The molecule has 3 heteroatoms. The maximum atomic E-state index is 4.44. The molecule has 0 radical (unpaired) electrons. The number of nitrogens with one attached hydrogen (secondary N) is 1. The van der Waals surface area contributed by atoms with Gasteiger partial charge in [-0.3, -0.25) is 0 Å². The first-order valence-electron chi connectivity index (χ1n) is 6.41. The first kappa shape index (κ1) is 12.1. The SMILES string of the molecule is CC(C)c1ncc(CNCC2CCCC2)s1. The summed E-state index contributed by atoms with van der Waals surface area (Å²) in [6, 6.07) is 0. The zero-order valence-corrected chi connectivity index (χ0v) is 11.1. The van der Waals surface area contributed by atoms with E-state index < -0.39 is 0 Å². The highest BCUT2D eigenvalue weighted by molar-refractivity contribution is 7.11. The van der Waals surface area contributed by atoms with Crippen LogP contribution in [0.3, 0.4) is 0 Å². The highest BCUT2D eigenvalue weighted by Crippen LogP contribution is 2.24. The van der Waals surface area contributed by atoms with Gasteiger partial charge in [0.1, 0.15) is 0 Å². The van der Waals surface area contributed by atoms with Gasteiger partial charge in [0.15, 0.2) is 0 Å². The van der Waals surface area contributed by atoms with Gasteiger partial charge in [-0.1, -0.05) is 26.7 Å². The number of hydrogen-bond acceptors (Lipinski definition) is 3. The molecule has 1 saturated carbocycles. The summed E-state index contributed by atoms with van der Waals surface area (Å²) < 4.78 is 0. The summed E-state index contributed by atoms with van der Waals surface area (Å²) in [6.07, 6.45) is 7.75. The molecule has 1 aliphatic rings. The van der Waals surface area contributed by atoms with Crippen LogP contribution < -0.4 is 5.32 Å². The van der Waals surface area contributed by atoms with E-state index in [0.717, 1.165) is 12.5 Å². The van der Waals surface area contributed by atoms with Crippen LogP contribution in [0.2, 0.25) is 0 Å².